The molecule has 1 aliphatic rings. The zero-order chi connectivity index (χ0) is 7.68. The Kier molecular flexibility index (Phi) is 1.86. The van der Waals surface area contributed by atoms with Gasteiger partial charge in [-0.15, -0.1) is 11.3 Å². The summed E-state index contributed by atoms with van der Waals surface area (Å²) in [7, 11) is 1.76. The van der Waals surface area contributed by atoms with Crippen LogP contribution < -0.4 is 4.74 Å². The minimum Gasteiger partial charge on any atom is -0.487 e. The van der Waals surface area contributed by atoms with Crippen molar-refractivity contribution in [2.45, 2.75) is 25.7 Å². The molecule has 1 nitrogen and oxygen atoms in total. The number of rotatable bonds is 1. The van der Waals surface area contributed by atoms with Crippen LogP contribution in [0.4, 0.5) is 0 Å². The summed E-state index contributed by atoms with van der Waals surface area (Å²) in [5.41, 5.74) is 3.00. The van der Waals surface area contributed by atoms with Gasteiger partial charge in [0.05, 0.1) is 7.11 Å². The summed E-state index contributed by atoms with van der Waals surface area (Å²) in [6, 6.07) is 0. The molecule has 60 valence electrons. The zero-order valence-corrected chi connectivity index (χ0v) is 7.54. The molecule has 0 bridgehead atoms. The van der Waals surface area contributed by atoms with E-state index in [9.17, 15) is 0 Å². The number of methoxy groups -OCH3 is 1. The first-order valence-electron chi connectivity index (χ1n) is 4.05. The summed E-state index contributed by atoms with van der Waals surface area (Å²) in [6.07, 6.45) is 5.17. The van der Waals surface area contributed by atoms with Gasteiger partial charge in [-0.1, -0.05) is 0 Å². The third-order valence-corrected chi connectivity index (χ3v) is 3.28. The Bertz CT molecular complexity index is 239. The summed E-state index contributed by atoms with van der Waals surface area (Å²) < 4.78 is 5.27. The fourth-order valence-electron chi connectivity index (χ4n) is 1.66. The Morgan fingerprint density at radius 2 is 2.18 bits per heavy atom. The van der Waals surface area contributed by atoms with Gasteiger partial charge in [0.2, 0.25) is 0 Å². The normalized spacial score (nSPS) is 16.1. The highest BCUT2D eigenvalue weighted by atomic mass is 32.1. The average molecular weight is 168 g/mol. The molecule has 0 saturated carbocycles. The van der Waals surface area contributed by atoms with Crippen molar-refractivity contribution in [2.75, 3.05) is 7.11 Å². The lowest BCUT2D eigenvalue weighted by Crippen LogP contribution is -1.99. The van der Waals surface area contributed by atoms with E-state index in [0.29, 0.717) is 0 Å². The van der Waals surface area contributed by atoms with E-state index in [0.717, 1.165) is 5.06 Å². The lowest BCUT2D eigenvalue weighted by molar-refractivity contribution is 0.419. The predicted octanol–water partition coefficient (Wildman–Crippen LogP) is 2.64. The van der Waals surface area contributed by atoms with E-state index in [1.165, 1.54) is 36.8 Å². The highest BCUT2D eigenvalue weighted by Gasteiger charge is 2.15. The summed E-state index contributed by atoms with van der Waals surface area (Å²) in [4.78, 5) is 0. The summed E-state index contributed by atoms with van der Waals surface area (Å²) in [6.45, 7) is 0. The van der Waals surface area contributed by atoms with Gasteiger partial charge in [0, 0.05) is 5.56 Å². The van der Waals surface area contributed by atoms with Crippen molar-refractivity contribution in [3.8, 4) is 5.06 Å². The molecular formula is C9H12OS. The smallest absolute Gasteiger partial charge is 0.176 e. The molecule has 2 heteroatoms. The molecule has 0 aliphatic heterocycles. The van der Waals surface area contributed by atoms with Gasteiger partial charge < -0.3 is 4.74 Å². The molecule has 0 radical (unpaired) electrons. The van der Waals surface area contributed by atoms with Crippen LogP contribution in [0.25, 0.3) is 0 Å². The number of hydrogen-bond acceptors (Lipinski definition) is 2. The molecule has 1 aromatic rings. The zero-order valence-electron chi connectivity index (χ0n) is 6.72. The van der Waals surface area contributed by atoms with Gasteiger partial charge in [0.25, 0.3) is 0 Å². The van der Waals surface area contributed by atoms with Gasteiger partial charge in [-0.3, -0.25) is 0 Å². The van der Waals surface area contributed by atoms with Crippen molar-refractivity contribution in [3.63, 3.8) is 0 Å². The lowest BCUT2D eigenvalue weighted by atomic mass is 9.96. The third kappa shape index (κ3) is 1.16. The van der Waals surface area contributed by atoms with Crippen LogP contribution in [0.3, 0.4) is 0 Å². The molecule has 2 rings (SSSR count). The summed E-state index contributed by atoms with van der Waals surface area (Å²) in [5, 5.41) is 3.38. The summed E-state index contributed by atoms with van der Waals surface area (Å²) >= 11 is 1.74. The minimum atomic E-state index is 1.14. The molecule has 0 atom stereocenters. The maximum Gasteiger partial charge on any atom is 0.176 e. The second-order valence-corrected chi connectivity index (χ2v) is 3.78. The van der Waals surface area contributed by atoms with Crippen molar-refractivity contribution >= 4 is 11.3 Å². The van der Waals surface area contributed by atoms with Gasteiger partial charge in [0.1, 0.15) is 0 Å². The minimum absolute atomic E-state index is 1.14. The van der Waals surface area contributed by atoms with E-state index in [-0.39, 0.29) is 0 Å². The quantitative estimate of drug-likeness (QED) is 0.626. The highest BCUT2D eigenvalue weighted by molar-refractivity contribution is 7.12. The van der Waals surface area contributed by atoms with E-state index in [4.69, 9.17) is 4.74 Å². The van der Waals surface area contributed by atoms with Crippen molar-refractivity contribution < 1.29 is 4.74 Å². The Labute approximate surface area is 71.0 Å². The number of fused-ring (bicyclic) bond motifs is 1. The number of hydrogen-bond donors (Lipinski definition) is 0. The van der Waals surface area contributed by atoms with Crippen molar-refractivity contribution in [1.29, 1.82) is 0 Å². The van der Waals surface area contributed by atoms with Gasteiger partial charge in [-0.2, -0.15) is 0 Å². The maximum absolute atomic E-state index is 5.27. The first-order chi connectivity index (χ1) is 5.42. The number of ether oxygens (including phenoxy) is 1. The molecular weight excluding hydrogens is 156 g/mol. The molecule has 11 heavy (non-hydrogen) atoms. The van der Waals surface area contributed by atoms with Crippen molar-refractivity contribution in [3.05, 3.63) is 16.5 Å². The highest BCUT2D eigenvalue weighted by Crippen LogP contribution is 2.35. The molecule has 1 heterocycles. The maximum atomic E-state index is 5.27. The molecule has 0 unspecified atom stereocenters. The molecule has 0 amide bonds. The van der Waals surface area contributed by atoms with E-state index in [1.54, 1.807) is 18.4 Å². The standard InChI is InChI=1S/C9H12OS/c1-10-9-8-5-3-2-4-7(8)6-11-9/h6H,2-5H2,1H3. The van der Waals surface area contributed by atoms with Gasteiger partial charge >= 0.3 is 0 Å². The monoisotopic (exact) mass is 168 g/mol. The molecule has 0 spiro atoms. The third-order valence-electron chi connectivity index (χ3n) is 2.25. The van der Waals surface area contributed by atoms with Crippen molar-refractivity contribution in [2.24, 2.45) is 0 Å². The fourth-order valence-corrected chi connectivity index (χ4v) is 2.64. The second-order valence-electron chi connectivity index (χ2n) is 2.94. The molecule has 1 aromatic heterocycles. The van der Waals surface area contributed by atoms with Crippen LogP contribution in [-0.4, -0.2) is 7.11 Å². The fraction of sp³-hybridized carbons (Fsp3) is 0.556. The van der Waals surface area contributed by atoms with Crippen LogP contribution in [0.5, 0.6) is 5.06 Å². The van der Waals surface area contributed by atoms with Gasteiger partial charge in [-0.05, 0) is 36.6 Å². The van der Waals surface area contributed by atoms with Crippen LogP contribution in [0.1, 0.15) is 24.0 Å². The molecule has 1 aliphatic carbocycles. The van der Waals surface area contributed by atoms with Crippen LogP contribution in [-0.2, 0) is 12.8 Å². The largest absolute Gasteiger partial charge is 0.487 e. The van der Waals surface area contributed by atoms with Gasteiger partial charge in [-0.25, -0.2) is 0 Å². The lowest BCUT2D eigenvalue weighted by Gasteiger charge is -2.11. The first-order valence-corrected chi connectivity index (χ1v) is 4.93. The van der Waals surface area contributed by atoms with Crippen LogP contribution in [0, 0.1) is 0 Å². The predicted molar refractivity (Wildman–Crippen MR) is 47.5 cm³/mol. The van der Waals surface area contributed by atoms with E-state index < -0.39 is 0 Å². The topological polar surface area (TPSA) is 9.23 Å². The SMILES string of the molecule is COc1scc2c1CCCC2. The molecule has 0 fully saturated rings. The number of thiophene rings is 1. The molecule has 0 N–H and O–H groups in total. The summed E-state index contributed by atoms with van der Waals surface area (Å²) in [5.74, 6) is 0. The van der Waals surface area contributed by atoms with Crippen molar-refractivity contribution in [1.82, 2.24) is 0 Å². The van der Waals surface area contributed by atoms with Gasteiger partial charge in [0.15, 0.2) is 5.06 Å². The Morgan fingerprint density at radius 1 is 1.36 bits per heavy atom. The number of aryl methyl sites for hydroxylation is 1. The van der Waals surface area contributed by atoms with Crippen LogP contribution in [0.15, 0.2) is 5.38 Å². The second kappa shape index (κ2) is 2.86. The Morgan fingerprint density at radius 3 is 3.00 bits per heavy atom. The van der Waals surface area contributed by atoms with E-state index in [1.807, 2.05) is 0 Å². The Balaban J connectivity index is 2.38. The van der Waals surface area contributed by atoms with Crippen LogP contribution in [0.2, 0.25) is 0 Å². The van der Waals surface area contributed by atoms with Crippen LogP contribution >= 0.6 is 11.3 Å². The average Bonchev–Trinajstić information content (AvgIpc) is 2.47. The molecule has 0 aromatic carbocycles. The first kappa shape index (κ1) is 7.17. The Hall–Kier alpha value is -0.500. The van der Waals surface area contributed by atoms with E-state index >= 15 is 0 Å². The van der Waals surface area contributed by atoms with E-state index in [2.05, 4.69) is 5.38 Å². The molecule has 0 saturated heterocycles.